The van der Waals surface area contributed by atoms with E-state index in [0.717, 1.165) is 56.7 Å². The lowest BCUT2D eigenvalue weighted by Gasteiger charge is -2.36. The van der Waals surface area contributed by atoms with Crippen molar-refractivity contribution < 1.29 is 12.9 Å². The van der Waals surface area contributed by atoms with E-state index in [2.05, 4.69) is 30.0 Å². The highest BCUT2D eigenvalue weighted by Gasteiger charge is 2.20. The molecule has 9 nitrogen and oxygen atoms in total. The number of aromatic nitrogens is 1. The van der Waals surface area contributed by atoms with Crippen molar-refractivity contribution in [2.45, 2.75) is 24.6 Å². The minimum absolute atomic E-state index is 0.264. The smallest absolute Gasteiger partial charge is 0.250 e. The number of aryl methyl sites for hydroxylation is 1. The van der Waals surface area contributed by atoms with Gasteiger partial charge in [0.05, 0.1) is 12.2 Å². The summed E-state index contributed by atoms with van der Waals surface area (Å²) >= 11 is 1.21. The highest BCUT2D eigenvalue weighted by atomic mass is 32.2. The molecule has 0 amide bonds. The minimum atomic E-state index is -3.44. The van der Waals surface area contributed by atoms with Crippen molar-refractivity contribution in [1.82, 2.24) is 25.0 Å². The molecule has 0 aliphatic carbocycles. The highest BCUT2D eigenvalue weighted by Crippen LogP contribution is 2.15. The number of sulfonamides is 1. The quantitative estimate of drug-likeness (QED) is 0.360. The van der Waals surface area contributed by atoms with E-state index in [1.807, 2.05) is 19.9 Å². The van der Waals surface area contributed by atoms with Gasteiger partial charge in [-0.15, -0.1) is 11.3 Å². The fraction of sp³-hybridized carbons (Fsp3) is 0.556. The zero-order valence-corrected chi connectivity index (χ0v) is 18.4. The van der Waals surface area contributed by atoms with E-state index in [-0.39, 0.29) is 6.54 Å². The standard InChI is InChI=1S/C18H28N6O3S2/c1-3-19-18(20-6-7-21-29(25,26)17-5-4-12-28-17)24-10-8-23(9-11-24)14-16-13-15(2)27-22-16/h4-5,12-13,21H,3,6-11,14H2,1-2H3,(H,19,20). The molecule has 0 saturated carbocycles. The summed E-state index contributed by atoms with van der Waals surface area (Å²) in [5, 5.41) is 9.11. The predicted molar refractivity (Wildman–Crippen MR) is 114 cm³/mol. The summed E-state index contributed by atoms with van der Waals surface area (Å²) in [5.41, 5.74) is 0.953. The third-order valence-corrected chi connectivity index (χ3v) is 7.35. The lowest BCUT2D eigenvalue weighted by Crippen LogP contribution is -2.52. The Kier molecular flexibility index (Phi) is 7.64. The van der Waals surface area contributed by atoms with E-state index < -0.39 is 10.0 Å². The summed E-state index contributed by atoms with van der Waals surface area (Å²) < 4.78 is 32.4. The number of guanidine groups is 1. The fourth-order valence-electron chi connectivity index (χ4n) is 3.09. The van der Waals surface area contributed by atoms with Crippen LogP contribution in [0.4, 0.5) is 0 Å². The molecule has 1 saturated heterocycles. The largest absolute Gasteiger partial charge is 0.361 e. The monoisotopic (exact) mass is 440 g/mol. The first-order valence-corrected chi connectivity index (χ1v) is 12.0. The van der Waals surface area contributed by atoms with Gasteiger partial charge in [-0.05, 0) is 25.3 Å². The number of thiophene rings is 1. The summed E-state index contributed by atoms with van der Waals surface area (Å²) in [4.78, 5) is 9.15. The summed E-state index contributed by atoms with van der Waals surface area (Å²) in [6, 6.07) is 5.29. The van der Waals surface area contributed by atoms with Crippen LogP contribution in [0.3, 0.4) is 0 Å². The molecule has 11 heteroatoms. The number of nitrogens with zero attached hydrogens (tertiary/aromatic N) is 4. The second kappa shape index (κ2) is 10.2. The molecule has 0 radical (unpaired) electrons. The maximum Gasteiger partial charge on any atom is 0.250 e. The highest BCUT2D eigenvalue weighted by molar-refractivity contribution is 7.91. The zero-order valence-electron chi connectivity index (χ0n) is 16.8. The van der Waals surface area contributed by atoms with Gasteiger partial charge < -0.3 is 14.7 Å². The number of nitrogens with one attached hydrogen (secondary N) is 2. The van der Waals surface area contributed by atoms with Crippen LogP contribution in [-0.4, -0.2) is 75.1 Å². The molecule has 1 aliphatic heterocycles. The lowest BCUT2D eigenvalue weighted by molar-refractivity contribution is 0.169. The van der Waals surface area contributed by atoms with Crippen LogP contribution in [0.2, 0.25) is 0 Å². The average molecular weight is 441 g/mol. The van der Waals surface area contributed by atoms with Crippen LogP contribution in [0.25, 0.3) is 0 Å². The third kappa shape index (κ3) is 6.26. The van der Waals surface area contributed by atoms with E-state index in [9.17, 15) is 8.42 Å². The van der Waals surface area contributed by atoms with Crippen molar-refractivity contribution in [2.24, 2.45) is 4.99 Å². The van der Waals surface area contributed by atoms with Gasteiger partial charge in [0.25, 0.3) is 0 Å². The number of hydrogen-bond acceptors (Lipinski definition) is 7. The van der Waals surface area contributed by atoms with Gasteiger partial charge in [-0.3, -0.25) is 9.89 Å². The molecule has 0 atom stereocenters. The van der Waals surface area contributed by atoms with Crippen molar-refractivity contribution >= 4 is 27.3 Å². The molecule has 0 aromatic carbocycles. The molecule has 1 fully saturated rings. The molecule has 1 aliphatic rings. The maximum atomic E-state index is 12.2. The number of piperazine rings is 1. The molecule has 0 bridgehead atoms. The van der Waals surface area contributed by atoms with E-state index in [4.69, 9.17) is 4.52 Å². The van der Waals surface area contributed by atoms with E-state index in [1.165, 1.54) is 11.3 Å². The van der Waals surface area contributed by atoms with Crippen molar-refractivity contribution in [3.63, 3.8) is 0 Å². The molecule has 0 spiro atoms. The molecule has 160 valence electrons. The topological polar surface area (TPSA) is 103 Å². The molecule has 2 aromatic rings. The van der Waals surface area contributed by atoms with Crippen LogP contribution in [0, 0.1) is 6.92 Å². The van der Waals surface area contributed by atoms with Crippen LogP contribution in [0.5, 0.6) is 0 Å². The Morgan fingerprint density at radius 3 is 2.76 bits per heavy atom. The van der Waals surface area contributed by atoms with Crippen molar-refractivity contribution in [3.05, 3.63) is 35.0 Å². The fourth-order valence-corrected chi connectivity index (χ4v) is 5.15. The average Bonchev–Trinajstić information content (AvgIpc) is 3.37. The summed E-state index contributed by atoms with van der Waals surface area (Å²) in [7, 11) is -3.44. The Balaban J connectivity index is 1.48. The molecular weight excluding hydrogens is 412 g/mol. The number of rotatable bonds is 8. The molecule has 2 aromatic heterocycles. The van der Waals surface area contributed by atoms with Crippen LogP contribution in [0.15, 0.2) is 37.3 Å². The zero-order chi connectivity index (χ0) is 20.7. The molecule has 29 heavy (non-hydrogen) atoms. The van der Waals surface area contributed by atoms with Crippen LogP contribution in [-0.2, 0) is 16.6 Å². The Hall–Kier alpha value is -1.95. The van der Waals surface area contributed by atoms with Gasteiger partial charge >= 0.3 is 0 Å². The minimum Gasteiger partial charge on any atom is -0.361 e. The molecule has 0 unspecified atom stereocenters. The summed E-state index contributed by atoms with van der Waals surface area (Å²) in [6.45, 7) is 9.62. The first-order valence-electron chi connectivity index (χ1n) is 9.69. The normalized spacial score (nSPS) is 16.3. The molecule has 2 N–H and O–H groups in total. The van der Waals surface area contributed by atoms with E-state index in [1.54, 1.807) is 17.5 Å². The van der Waals surface area contributed by atoms with Gasteiger partial charge in [0.2, 0.25) is 10.0 Å². The van der Waals surface area contributed by atoms with Crippen LogP contribution >= 0.6 is 11.3 Å². The van der Waals surface area contributed by atoms with Gasteiger partial charge in [-0.25, -0.2) is 13.1 Å². The number of hydrogen-bond donors (Lipinski definition) is 2. The van der Waals surface area contributed by atoms with E-state index in [0.29, 0.717) is 10.8 Å². The first-order chi connectivity index (χ1) is 14.0. The third-order valence-electron chi connectivity index (χ3n) is 4.49. The van der Waals surface area contributed by atoms with Gasteiger partial charge in [0, 0.05) is 51.9 Å². The van der Waals surface area contributed by atoms with Crippen LogP contribution in [0.1, 0.15) is 18.4 Å². The van der Waals surface area contributed by atoms with E-state index >= 15 is 0 Å². The molecule has 3 rings (SSSR count). The van der Waals surface area contributed by atoms with Crippen molar-refractivity contribution in [3.8, 4) is 0 Å². The van der Waals surface area contributed by atoms with Gasteiger partial charge in [-0.2, -0.15) is 0 Å². The first kappa shape index (κ1) is 21.8. The van der Waals surface area contributed by atoms with Crippen LogP contribution < -0.4 is 10.0 Å². The van der Waals surface area contributed by atoms with Crippen molar-refractivity contribution in [2.75, 3.05) is 45.8 Å². The Morgan fingerprint density at radius 2 is 2.14 bits per heavy atom. The molecule has 3 heterocycles. The van der Waals surface area contributed by atoms with Gasteiger partial charge in [0.15, 0.2) is 5.96 Å². The SMILES string of the molecule is CCNC(=NCCNS(=O)(=O)c1cccs1)N1CCN(Cc2cc(C)on2)CC1. The Morgan fingerprint density at radius 1 is 1.34 bits per heavy atom. The lowest BCUT2D eigenvalue weighted by atomic mass is 10.3. The molecular formula is C18H28N6O3S2. The summed E-state index contributed by atoms with van der Waals surface area (Å²) in [5.74, 6) is 1.65. The summed E-state index contributed by atoms with van der Waals surface area (Å²) in [6.07, 6.45) is 0. The Bertz CT molecular complexity index is 887. The number of aliphatic imine (C=N–C) groups is 1. The Labute approximate surface area is 175 Å². The van der Waals surface area contributed by atoms with Gasteiger partial charge in [-0.1, -0.05) is 11.2 Å². The second-order valence-corrected chi connectivity index (χ2v) is 9.70. The van der Waals surface area contributed by atoms with Crippen molar-refractivity contribution in [1.29, 1.82) is 0 Å². The maximum absolute atomic E-state index is 12.2. The second-order valence-electron chi connectivity index (χ2n) is 6.76. The predicted octanol–water partition coefficient (Wildman–Crippen LogP) is 1.11. The van der Waals surface area contributed by atoms with Gasteiger partial charge in [0.1, 0.15) is 9.97 Å².